The minimum absolute atomic E-state index is 0.0271. The second-order valence-electron chi connectivity index (χ2n) is 4.50. The first-order valence-corrected chi connectivity index (χ1v) is 7.54. The second kappa shape index (κ2) is 6.41. The van der Waals surface area contributed by atoms with Gasteiger partial charge in [0.25, 0.3) is 0 Å². The van der Waals surface area contributed by atoms with Crippen molar-refractivity contribution in [1.82, 2.24) is 15.0 Å². The first-order chi connectivity index (χ1) is 11.0. The number of benzene rings is 1. The molecular formula is C15H10F3N3OS. The van der Waals surface area contributed by atoms with E-state index in [0.717, 1.165) is 29.6 Å². The highest BCUT2D eigenvalue weighted by Crippen LogP contribution is 2.29. The van der Waals surface area contributed by atoms with Gasteiger partial charge in [0, 0.05) is 11.8 Å². The van der Waals surface area contributed by atoms with Gasteiger partial charge >= 0.3 is 6.18 Å². The second-order valence-corrected chi connectivity index (χ2v) is 5.44. The molecule has 0 fully saturated rings. The number of aromatic nitrogens is 3. The Kier molecular flexibility index (Phi) is 4.33. The highest BCUT2D eigenvalue weighted by molar-refractivity contribution is 7.98. The molecule has 3 rings (SSSR count). The average molecular weight is 337 g/mol. The minimum atomic E-state index is -4.48. The maximum Gasteiger partial charge on any atom is 0.433 e. The van der Waals surface area contributed by atoms with Crippen LogP contribution in [0.5, 0.6) is 0 Å². The highest BCUT2D eigenvalue weighted by Gasteiger charge is 2.32. The predicted octanol–water partition coefficient (Wildman–Crippen LogP) is 4.44. The molecule has 0 aliphatic rings. The number of hydrogen-bond donors (Lipinski definition) is 0. The zero-order valence-electron chi connectivity index (χ0n) is 11.6. The Bertz CT molecular complexity index is 790. The van der Waals surface area contributed by atoms with E-state index in [1.165, 1.54) is 0 Å². The van der Waals surface area contributed by atoms with Gasteiger partial charge in [0.2, 0.25) is 5.89 Å². The normalized spacial score (nSPS) is 11.6. The Morgan fingerprint density at radius 1 is 1.04 bits per heavy atom. The van der Waals surface area contributed by atoms with E-state index in [9.17, 15) is 13.2 Å². The summed E-state index contributed by atoms with van der Waals surface area (Å²) in [5.41, 5.74) is -0.0843. The van der Waals surface area contributed by atoms with Gasteiger partial charge in [-0.25, -0.2) is 15.0 Å². The lowest BCUT2D eigenvalue weighted by atomic mass is 10.2. The fourth-order valence-corrected chi connectivity index (χ4v) is 2.49. The molecule has 0 saturated heterocycles. The Morgan fingerprint density at radius 3 is 2.57 bits per heavy atom. The van der Waals surface area contributed by atoms with Crippen molar-refractivity contribution in [3.05, 3.63) is 60.4 Å². The molecule has 0 atom stereocenters. The Labute approximate surface area is 133 Å². The molecule has 0 unspecified atom stereocenters. The monoisotopic (exact) mass is 337 g/mol. The van der Waals surface area contributed by atoms with Crippen LogP contribution in [0.15, 0.2) is 58.4 Å². The SMILES string of the molecule is FC(F)(F)c1ccnc(SCc2ncc(-c3ccccc3)o2)n1. The third-order valence-corrected chi connectivity index (χ3v) is 3.71. The van der Waals surface area contributed by atoms with Crippen LogP contribution in [-0.2, 0) is 11.9 Å². The molecule has 118 valence electrons. The lowest BCUT2D eigenvalue weighted by molar-refractivity contribution is -0.141. The van der Waals surface area contributed by atoms with E-state index in [2.05, 4.69) is 15.0 Å². The van der Waals surface area contributed by atoms with Crippen molar-refractivity contribution >= 4 is 11.8 Å². The van der Waals surface area contributed by atoms with Crippen molar-refractivity contribution in [1.29, 1.82) is 0 Å². The van der Waals surface area contributed by atoms with E-state index in [4.69, 9.17) is 4.42 Å². The molecule has 2 heterocycles. The average Bonchev–Trinajstić information content (AvgIpc) is 3.02. The molecule has 2 aromatic heterocycles. The zero-order chi connectivity index (χ0) is 16.3. The van der Waals surface area contributed by atoms with Crippen molar-refractivity contribution in [2.45, 2.75) is 17.1 Å². The van der Waals surface area contributed by atoms with Gasteiger partial charge in [0.05, 0.1) is 11.9 Å². The van der Waals surface area contributed by atoms with Crippen LogP contribution in [0.1, 0.15) is 11.6 Å². The molecule has 0 aliphatic carbocycles. The van der Waals surface area contributed by atoms with Crippen LogP contribution in [0.25, 0.3) is 11.3 Å². The van der Waals surface area contributed by atoms with Gasteiger partial charge in [0.15, 0.2) is 10.9 Å². The quantitative estimate of drug-likeness (QED) is 0.520. The van der Waals surface area contributed by atoms with Crippen molar-refractivity contribution in [2.24, 2.45) is 0 Å². The highest BCUT2D eigenvalue weighted by atomic mass is 32.2. The van der Waals surface area contributed by atoms with Crippen molar-refractivity contribution < 1.29 is 17.6 Å². The van der Waals surface area contributed by atoms with Crippen LogP contribution >= 0.6 is 11.8 Å². The van der Waals surface area contributed by atoms with Gasteiger partial charge < -0.3 is 4.42 Å². The maximum atomic E-state index is 12.6. The molecule has 4 nitrogen and oxygen atoms in total. The van der Waals surface area contributed by atoms with E-state index >= 15 is 0 Å². The first kappa shape index (κ1) is 15.5. The maximum absolute atomic E-state index is 12.6. The summed E-state index contributed by atoms with van der Waals surface area (Å²) in [5.74, 6) is 1.25. The van der Waals surface area contributed by atoms with Crippen LogP contribution in [0.2, 0.25) is 0 Å². The standard InChI is InChI=1S/C15H10F3N3OS/c16-15(17,18)12-6-7-19-14(21-12)23-9-13-20-8-11(22-13)10-4-2-1-3-5-10/h1-8H,9H2. The number of oxazole rings is 1. The summed E-state index contributed by atoms with van der Waals surface area (Å²) >= 11 is 1.03. The topological polar surface area (TPSA) is 51.8 Å². The molecular weight excluding hydrogens is 327 g/mol. The number of alkyl halides is 3. The Morgan fingerprint density at radius 2 is 1.83 bits per heavy atom. The van der Waals surface area contributed by atoms with Crippen molar-refractivity contribution in [3.8, 4) is 11.3 Å². The number of nitrogens with zero attached hydrogens (tertiary/aromatic N) is 3. The van der Waals surface area contributed by atoms with E-state index < -0.39 is 11.9 Å². The van der Waals surface area contributed by atoms with Gasteiger partial charge in [0.1, 0.15) is 5.69 Å². The smallest absolute Gasteiger partial charge is 0.433 e. The van der Waals surface area contributed by atoms with Crippen LogP contribution in [0, 0.1) is 0 Å². The predicted molar refractivity (Wildman–Crippen MR) is 78.5 cm³/mol. The molecule has 0 N–H and O–H groups in total. The summed E-state index contributed by atoms with van der Waals surface area (Å²) in [6, 6.07) is 10.2. The third kappa shape index (κ3) is 3.89. The molecule has 0 amide bonds. The Hall–Kier alpha value is -2.35. The molecule has 23 heavy (non-hydrogen) atoms. The molecule has 0 bridgehead atoms. The van der Waals surface area contributed by atoms with Crippen LogP contribution in [-0.4, -0.2) is 15.0 Å². The summed E-state index contributed by atoms with van der Waals surface area (Å²) in [5, 5.41) is 0.0271. The summed E-state index contributed by atoms with van der Waals surface area (Å²) in [7, 11) is 0. The van der Waals surface area contributed by atoms with E-state index in [1.807, 2.05) is 30.3 Å². The number of thioether (sulfide) groups is 1. The van der Waals surface area contributed by atoms with Crippen LogP contribution in [0.3, 0.4) is 0 Å². The van der Waals surface area contributed by atoms with Gasteiger partial charge in [-0.2, -0.15) is 13.2 Å². The third-order valence-electron chi connectivity index (χ3n) is 2.86. The summed E-state index contributed by atoms with van der Waals surface area (Å²) in [6.45, 7) is 0. The zero-order valence-corrected chi connectivity index (χ0v) is 12.4. The molecule has 0 saturated carbocycles. The number of hydrogen-bond acceptors (Lipinski definition) is 5. The number of halogens is 3. The molecule has 0 radical (unpaired) electrons. The fraction of sp³-hybridized carbons (Fsp3) is 0.133. The minimum Gasteiger partial charge on any atom is -0.440 e. The van der Waals surface area contributed by atoms with Crippen LogP contribution in [0.4, 0.5) is 13.2 Å². The molecule has 1 aromatic carbocycles. The fourth-order valence-electron chi connectivity index (χ4n) is 1.81. The van der Waals surface area contributed by atoms with Crippen molar-refractivity contribution in [3.63, 3.8) is 0 Å². The first-order valence-electron chi connectivity index (χ1n) is 6.55. The number of rotatable bonds is 4. The van der Waals surface area contributed by atoms with Crippen LogP contribution < -0.4 is 0 Å². The lowest BCUT2D eigenvalue weighted by Crippen LogP contribution is -2.08. The summed E-state index contributed by atoms with van der Waals surface area (Å²) in [4.78, 5) is 11.4. The lowest BCUT2D eigenvalue weighted by Gasteiger charge is -2.05. The summed E-state index contributed by atoms with van der Waals surface area (Å²) < 4.78 is 43.4. The molecule has 0 aliphatic heterocycles. The van der Waals surface area contributed by atoms with Crippen molar-refractivity contribution in [2.75, 3.05) is 0 Å². The molecule has 3 aromatic rings. The Balaban J connectivity index is 1.69. The van der Waals surface area contributed by atoms with E-state index in [1.54, 1.807) is 6.20 Å². The van der Waals surface area contributed by atoms with Gasteiger partial charge in [-0.1, -0.05) is 42.1 Å². The van der Waals surface area contributed by atoms with Gasteiger partial charge in [-0.15, -0.1) is 0 Å². The van der Waals surface area contributed by atoms with Gasteiger partial charge in [-0.3, -0.25) is 0 Å². The van der Waals surface area contributed by atoms with E-state index in [0.29, 0.717) is 11.7 Å². The largest absolute Gasteiger partial charge is 0.440 e. The van der Waals surface area contributed by atoms with Gasteiger partial charge in [-0.05, 0) is 6.07 Å². The molecule has 0 spiro atoms. The van der Waals surface area contributed by atoms with E-state index in [-0.39, 0.29) is 10.9 Å². The molecule has 8 heteroatoms. The summed E-state index contributed by atoms with van der Waals surface area (Å²) in [6.07, 6.45) is -1.82.